The molecule has 0 unspecified atom stereocenters. The Bertz CT molecular complexity index is 604. The van der Waals surface area contributed by atoms with E-state index in [-0.39, 0.29) is 11.7 Å². The van der Waals surface area contributed by atoms with Gasteiger partial charge in [-0.15, -0.1) is 0 Å². The van der Waals surface area contributed by atoms with Crippen LogP contribution in [0.25, 0.3) is 0 Å². The standard InChI is InChI=1S/C18H21FN2O/c1-3-21(4-2)17-11-7-15(8-12-17)18(22)20-13-14-5-9-16(19)10-6-14/h5-12H,3-4,13H2,1-2H3,(H,20,22). The van der Waals surface area contributed by atoms with Crippen LogP contribution in [0.4, 0.5) is 10.1 Å². The first-order valence-corrected chi connectivity index (χ1v) is 7.51. The Labute approximate surface area is 130 Å². The van der Waals surface area contributed by atoms with E-state index in [2.05, 4.69) is 24.1 Å². The molecule has 0 aliphatic heterocycles. The summed E-state index contributed by atoms with van der Waals surface area (Å²) in [5.41, 5.74) is 2.60. The number of carbonyl (C=O) groups excluding carboxylic acids is 1. The molecule has 0 radical (unpaired) electrons. The van der Waals surface area contributed by atoms with Gasteiger partial charge in [0, 0.05) is 30.9 Å². The number of hydrogen-bond donors (Lipinski definition) is 1. The van der Waals surface area contributed by atoms with Crippen molar-refractivity contribution in [2.45, 2.75) is 20.4 Å². The van der Waals surface area contributed by atoms with Gasteiger partial charge in [-0.25, -0.2) is 4.39 Å². The highest BCUT2D eigenvalue weighted by molar-refractivity contribution is 5.94. The lowest BCUT2D eigenvalue weighted by atomic mass is 10.1. The summed E-state index contributed by atoms with van der Waals surface area (Å²) in [5.74, 6) is -0.405. The number of nitrogens with one attached hydrogen (secondary N) is 1. The first kappa shape index (κ1) is 16.0. The lowest BCUT2D eigenvalue weighted by Crippen LogP contribution is -2.24. The summed E-state index contributed by atoms with van der Waals surface area (Å²) in [6.45, 7) is 6.47. The van der Waals surface area contributed by atoms with Crippen LogP contribution < -0.4 is 10.2 Å². The van der Waals surface area contributed by atoms with Crippen LogP contribution in [0, 0.1) is 5.82 Å². The van der Waals surface area contributed by atoms with E-state index in [1.807, 2.05) is 24.3 Å². The van der Waals surface area contributed by atoms with Gasteiger partial charge in [-0.05, 0) is 55.8 Å². The van der Waals surface area contributed by atoms with Gasteiger partial charge in [-0.3, -0.25) is 4.79 Å². The van der Waals surface area contributed by atoms with Crippen molar-refractivity contribution in [1.82, 2.24) is 5.32 Å². The third-order valence-corrected chi connectivity index (χ3v) is 3.62. The number of carbonyl (C=O) groups is 1. The summed E-state index contributed by atoms with van der Waals surface area (Å²) >= 11 is 0. The maximum atomic E-state index is 12.8. The molecule has 4 heteroatoms. The van der Waals surface area contributed by atoms with Crippen molar-refractivity contribution in [3.8, 4) is 0 Å². The zero-order valence-corrected chi connectivity index (χ0v) is 13.0. The molecular weight excluding hydrogens is 279 g/mol. The summed E-state index contributed by atoms with van der Waals surface area (Å²) in [6, 6.07) is 13.7. The minimum absolute atomic E-state index is 0.129. The van der Waals surface area contributed by atoms with Gasteiger partial charge < -0.3 is 10.2 Å². The second-order valence-corrected chi connectivity index (χ2v) is 5.03. The SMILES string of the molecule is CCN(CC)c1ccc(C(=O)NCc2ccc(F)cc2)cc1. The van der Waals surface area contributed by atoms with E-state index in [0.29, 0.717) is 12.1 Å². The maximum absolute atomic E-state index is 12.8. The summed E-state index contributed by atoms with van der Waals surface area (Å²) in [5, 5.41) is 2.84. The molecule has 1 N–H and O–H groups in total. The zero-order valence-electron chi connectivity index (χ0n) is 13.0. The van der Waals surface area contributed by atoms with Crippen molar-refractivity contribution in [2.75, 3.05) is 18.0 Å². The Morgan fingerprint density at radius 3 is 2.14 bits per heavy atom. The molecule has 2 rings (SSSR count). The van der Waals surface area contributed by atoms with Crippen molar-refractivity contribution >= 4 is 11.6 Å². The Morgan fingerprint density at radius 1 is 1.00 bits per heavy atom. The minimum atomic E-state index is -0.276. The molecule has 0 spiro atoms. The predicted molar refractivity (Wildman–Crippen MR) is 87.6 cm³/mol. The van der Waals surface area contributed by atoms with E-state index in [1.165, 1.54) is 12.1 Å². The van der Waals surface area contributed by atoms with Gasteiger partial charge in [0.1, 0.15) is 5.82 Å². The highest BCUT2D eigenvalue weighted by Crippen LogP contribution is 2.15. The smallest absolute Gasteiger partial charge is 0.251 e. The van der Waals surface area contributed by atoms with Crippen LogP contribution in [0.1, 0.15) is 29.8 Å². The largest absolute Gasteiger partial charge is 0.372 e. The first-order chi connectivity index (χ1) is 10.6. The van der Waals surface area contributed by atoms with Crippen LogP contribution in [-0.2, 0) is 6.54 Å². The normalized spacial score (nSPS) is 10.3. The molecule has 2 aromatic rings. The molecular formula is C18H21FN2O. The van der Waals surface area contributed by atoms with Gasteiger partial charge in [0.25, 0.3) is 5.91 Å². The summed E-state index contributed by atoms with van der Waals surface area (Å²) in [7, 11) is 0. The molecule has 0 aliphatic rings. The second kappa shape index (κ2) is 7.59. The van der Waals surface area contributed by atoms with E-state index < -0.39 is 0 Å². The van der Waals surface area contributed by atoms with Gasteiger partial charge >= 0.3 is 0 Å². The highest BCUT2D eigenvalue weighted by Gasteiger charge is 2.07. The number of halogens is 1. The van der Waals surface area contributed by atoms with E-state index in [0.717, 1.165) is 24.3 Å². The summed E-state index contributed by atoms with van der Waals surface area (Å²) in [6.07, 6.45) is 0. The summed E-state index contributed by atoms with van der Waals surface area (Å²) in [4.78, 5) is 14.3. The fraction of sp³-hybridized carbons (Fsp3) is 0.278. The number of benzene rings is 2. The molecule has 22 heavy (non-hydrogen) atoms. The monoisotopic (exact) mass is 300 g/mol. The van der Waals surface area contributed by atoms with E-state index in [9.17, 15) is 9.18 Å². The van der Waals surface area contributed by atoms with Crippen molar-refractivity contribution in [1.29, 1.82) is 0 Å². The predicted octanol–water partition coefficient (Wildman–Crippen LogP) is 3.60. The van der Waals surface area contributed by atoms with Crippen LogP contribution in [0.3, 0.4) is 0 Å². The fourth-order valence-electron chi connectivity index (χ4n) is 2.30. The Morgan fingerprint density at radius 2 is 1.59 bits per heavy atom. The highest BCUT2D eigenvalue weighted by atomic mass is 19.1. The van der Waals surface area contributed by atoms with Crippen molar-refractivity contribution < 1.29 is 9.18 Å². The first-order valence-electron chi connectivity index (χ1n) is 7.51. The number of rotatable bonds is 6. The topological polar surface area (TPSA) is 32.3 Å². The second-order valence-electron chi connectivity index (χ2n) is 5.03. The molecule has 3 nitrogen and oxygen atoms in total. The van der Waals surface area contributed by atoms with E-state index in [1.54, 1.807) is 12.1 Å². The Hall–Kier alpha value is -2.36. The van der Waals surface area contributed by atoms with Crippen molar-refractivity contribution in [3.05, 3.63) is 65.5 Å². The Balaban J connectivity index is 1.96. The molecule has 116 valence electrons. The van der Waals surface area contributed by atoms with Gasteiger partial charge in [0.2, 0.25) is 0 Å². The number of hydrogen-bond acceptors (Lipinski definition) is 2. The molecule has 1 amide bonds. The zero-order chi connectivity index (χ0) is 15.9. The van der Waals surface area contributed by atoms with Gasteiger partial charge in [-0.2, -0.15) is 0 Å². The maximum Gasteiger partial charge on any atom is 0.251 e. The number of anilines is 1. The lowest BCUT2D eigenvalue weighted by Gasteiger charge is -2.21. The molecule has 0 saturated heterocycles. The quantitative estimate of drug-likeness (QED) is 0.884. The van der Waals surface area contributed by atoms with Crippen LogP contribution in [0.2, 0.25) is 0 Å². The molecule has 2 aromatic carbocycles. The van der Waals surface area contributed by atoms with Crippen molar-refractivity contribution in [3.63, 3.8) is 0 Å². The van der Waals surface area contributed by atoms with Gasteiger partial charge in [0.15, 0.2) is 0 Å². The van der Waals surface area contributed by atoms with Crippen LogP contribution in [0.5, 0.6) is 0 Å². The van der Waals surface area contributed by atoms with E-state index in [4.69, 9.17) is 0 Å². The molecule has 0 aliphatic carbocycles. The third kappa shape index (κ3) is 4.07. The third-order valence-electron chi connectivity index (χ3n) is 3.62. The number of nitrogens with zero attached hydrogens (tertiary/aromatic N) is 1. The van der Waals surface area contributed by atoms with Crippen LogP contribution in [0.15, 0.2) is 48.5 Å². The average Bonchev–Trinajstić information content (AvgIpc) is 2.56. The molecule has 0 atom stereocenters. The molecule has 0 bridgehead atoms. The minimum Gasteiger partial charge on any atom is -0.372 e. The van der Waals surface area contributed by atoms with Crippen LogP contribution >= 0.6 is 0 Å². The molecule has 0 heterocycles. The molecule has 0 aromatic heterocycles. The molecule has 0 fully saturated rings. The number of amides is 1. The average molecular weight is 300 g/mol. The van der Waals surface area contributed by atoms with Gasteiger partial charge in [0.05, 0.1) is 0 Å². The van der Waals surface area contributed by atoms with Crippen LogP contribution in [-0.4, -0.2) is 19.0 Å². The lowest BCUT2D eigenvalue weighted by molar-refractivity contribution is 0.0951. The molecule has 0 saturated carbocycles. The Kier molecular flexibility index (Phi) is 5.53. The fourth-order valence-corrected chi connectivity index (χ4v) is 2.30. The summed E-state index contributed by atoms with van der Waals surface area (Å²) < 4.78 is 12.8. The van der Waals surface area contributed by atoms with Gasteiger partial charge in [-0.1, -0.05) is 12.1 Å². The van der Waals surface area contributed by atoms with E-state index >= 15 is 0 Å². The van der Waals surface area contributed by atoms with Crippen molar-refractivity contribution in [2.24, 2.45) is 0 Å².